The first-order valence-electron chi connectivity index (χ1n) is 7.43. The molecule has 3 heteroatoms. The number of likely N-dealkylation sites (tertiary alicyclic amines) is 1. The van der Waals surface area contributed by atoms with Crippen molar-refractivity contribution >= 4 is 0 Å². The summed E-state index contributed by atoms with van der Waals surface area (Å²) in [4.78, 5) is 4.98. The molecule has 1 unspecified atom stereocenters. The molecule has 0 aliphatic carbocycles. The van der Waals surface area contributed by atoms with Gasteiger partial charge in [0.2, 0.25) is 0 Å². The molecule has 1 aromatic rings. The lowest BCUT2D eigenvalue weighted by Crippen LogP contribution is -2.32. The zero-order valence-corrected chi connectivity index (χ0v) is 12.2. The van der Waals surface area contributed by atoms with Crippen LogP contribution >= 0.6 is 0 Å². The van der Waals surface area contributed by atoms with Crippen molar-refractivity contribution in [2.45, 2.75) is 32.0 Å². The molecule has 2 aliphatic rings. The van der Waals surface area contributed by atoms with Crippen molar-refractivity contribution in [3.8, 4) is 0 Å². The third-order valence-corrected chi connectivity index (χ3v) is 4.61. The van der Waals surface area contributed by atoms with Gasteiger partial charge in [-0.3, -0.25) is 4.90 Å². The number of hydrogen-bond acceptors (Lipinski definition) is 3. The molecule has 3 rings (SSSR count). The van der Waals surface area contributed by atoms with Crippen LogP contribution in [0.3, 0.4) is 0 Å². The predicted molar refractivity (Wildman–Crippen MR) is 79.2 cm³/mol. The number of nitrogens with zero attached hydrogens (tertiary/aromatic N) is 2. The van der Waals surface area contributed by atoms with E-state index in [4.69, 9.17) is 0 Å². The molecule has 104 valence electrons. The minimum absolute atomic E-state index is 0.737. The van der Waals surface area contributed by atoms with Gasteiger partial charge in [0.1, 0.15) is 0 Å². The van der Waals surface area contributed by atoms with Crippen molar-refractivity contribution in [2.24, 2.45) is 0 Å². The van der Waals surface area contributed by atoms with Crippen molar-refractivity contribution in [1.29, 1.82) is 0 Å². The molecular formula is C16H25N3. The molecule has 2 aliphatic heterocycles. The molecule has 0 saturated carbocycles. The summed E-state index contributed by atoms with van der Waals surface area (Å²) < 4.78 is 0. The summed E-state index contributed by atoms with van der Waals surface area (Å²) in [6.07, 6.45) is 2.50. The fourth-order valence-corrected chi connectivity index (χ4v) is 3.38. The Hall–Kier alpha value is -0.900. The van der Waals surface area contributed by atoms with Crippen LogP contribution < -0.4 is 5.32 Å². The molecule has 0 spiro atoms. The van der Waals surface area contributed by atoms with E-state index in [9.17, 15) is 0 Å². The van der Waals surface area contributed by atoms with Gasteiger partial charge in [-0.25, -0.2) is 0 Å². The molecule has 0 aromatic heterocycles. The first-order chi connectivity index (χ1) is 9.24. The van der Waals surface area contributed by atoms with Crippen LogP contribution in [0.1, 0.15) is 23.1 Å². The minimum Gasteiger partial charge on any atom is -0.312 e. The molecule has 1 aromatic carbocycles. The van der Waals surface area contributed by atoms with Crippen molar-refractivity contribution in [3.63, 3.8) is 0 Å². The summed E-state index contributed by atoms with van der Waals surface area (Å²) >= 11 is 0. The van der Waals surface area contributed by atoms with Gasteiger partial charge in [0.05, 0.1) is 0 Å². The van der Waals surface area contributed by atoms with Crippen LogP contribution in [0.25, 0.3) is 0 Å². The third-order valence-electron chi connectivity index (χ3n) is 4.61. The van der Waals surface area contributed by atoms with Crippen LogP contribution in [-0.2, 0) is 19.5 Å². The average Bonchev–Trinajstić information content (AvgIpc) is 2.88. The monoisotopic (exact) mass is 259 g/mol. The molecule has 1 saturated heterocycles. The van der Waals surface area contributed by atoms with E-state index in [1.165, 1.54) is 31.5 Å². The lowest BCUT2D eigenvalue weighted by Gasteiger charge is -2.24. The van der Waals surface area contributed by atoms with Crippen molar-refractivity contribution in [3.05, 3.63) is 34.9 Å². The van der Waals surface area contributed by atoms with Crippen LogP contribution in [0.2, 0.25) is 0 Å². The summed E-state index contributed by atoms with van der Waals surface area (Å²) in [6.45, 7) is 5.76. The second-order valence-corrected chi connectivity index (χ2v) is 6.12. The summed E-state index contributed by atoms with van der Waals surface area (Å²) in [7, 11) is 4.40. The first-order valence-corrected chi connectivity index (χ1v) is 7.43. The number of nitrogens with one attached hydrogen (secondary N) is 1. The normalized spacial score (nSPS) is 23.8. The second kappa shape index (κ2) is 5.61. The molecule has 2 heterocycles. The van der Waals surface area contributed by atoms with Crippen LogP contribution in [0, 0.1) is 0 Å². The lowest BCUT2D eigenvalue weighted by atomic mass is 9.95. The van der Waals surface area contributed by atoms with Gasteiger partial charge in [-0.1, -0.05) is 18.2 Å². The van der Waals surface area contributed by atoms with E-state index in [1.54, 1.807) is 11.1 Å². The standard InChI is InChI=1S/C16H25N3/c1-18(2)15-7-9-19(12-15)11-14-5-3-4-13-10-17-8-6-16(13)14/h3-5,15,17H,6-12H2,1-2H3. The van der Waals surface area contributed by atoms with E-state index < -0.39 is 0 Å². The number of rotatable bonds is 3. The zero-order chi connectivity index (χ0) is 13.2. The van der Waals surface area contributed by atoms with Crippen molar-refractivity contribution in [2.75, 3.05) is 33.7 Å². The molecule has 1 atom stereocenters. The lowest BCUT2D eigenvalue weighted by molar-refractivity contribution is 0.264. The summed E-state index contributed by atoms with van der Waals surface area (Å²) in [5.74, 6) is 0. The molecule has 0 amide bonds. The Morgan fingerprint density at radius 2 is 2.26 bits per heavy atom. The average molecular weight is 259 g/mol. The van der Waals surface area contributed by atoms with Gasteiger partial charge in [0.25, 0.3) is 0 Å². The zero-order valence-electron chi connectivity index (χ0n) is 12.2. The fourth-order valence-electron chi connectivity index (χ4n) is 3.38. The van der Waals surface area contributed by atoms with Crippen LogP contribution in [-0.4, -0.2) is 49.6 Å². The van der Waals surface area contributed by atoms with E-state index in [0.29, 0.717) is 0 Å². The summed E-state index contributed by atoms with van der Waals surface area (Å²) in [5, 5.41) is 3.46. The van der Waals surface area contributed by atoms with E-state index >= 15 is 0 Å². The highest BCUT2D eigenvalue weighted by molar-refractivity contribution is 5.37. The smallest absolute Gasteiger partial charge is 0.0237 e. The Labute approximate surface area is 116 Å². The molecule has 1 N–H and O–H groups in total. The fraction of sp³-hybridized carbons (Fsp3) is 0.625. The number of benzene rings is 1. The number of fused-ring (bicyclic) bond motifs is 1. The predicted octanol–water partition coefficient (Wildman–Crippen LogP) is 1.47. The Morgan fingerprint density at radius 3 is 3.05 bits per heavy atom. The molecule has 0 radical (unpaired) electrons. The Balaban J connectivity index is 1.71. The van der Waals surface area contributed by atoms with E-state index in [-0.39, 0.29) is 0 Å². The largest absolute Gasteiger partial charge is 0.312 e. The molecule has 19 heavy (non-hydrogen) atoms. The first kappa shape index (κ1) is 13.1. The minimum atomic E-state index is 0.737. The maximum atomic E-state index is 3.46. The van der Waals surface area contributed by atoms with E-state index in [1.807, 2.05) is 0 Å². The van der Waals surface area contributed by atoms with Gasteiger partial charge in [-0.05, 0) is 50.2 Å². The van der Waals surface area contributed by atoms with Gasteiger partial charge in [0, 0.05) is 32.2 Å². The number of hydrogen-bond donors (Lipinski definition) is 1. The van der Waals surface area contributed by atoms with Crippen molar-refractivity contribution in [1.82, 2.24) is 15.1 Å². The van der Waals surface area contributed by atoms with E-state index in [0.717, 1.165) is 25.7 Å². The third kappa shape index (κ3) is 2.83. The highest BCUT2D eigenvalue weighted by Gasteiger charge is 2.24. The quantitative estimate of drug-likeness (QED) is 0.887. The van der Waals surface area contributed by atoms with Crippen LogP contribution in [0.15, 0.2) is 18.2 Å². The van der Waals surface area contributed by atoms with Gasteiger partial charge in [-0.15, -0.1) is 0 Å². The maximum absolute atomic E-state index is 3.46. The molecule has 3 nitrogen and oxygen atoms in total. The number of likely N-dealkylation sites (N-methyl/N-ethyl adjacent to an activating group) is 1. The van der Waals surface area contributed by atoms with Gasteiger partial charge in [0.15, 0.2) is 0 Å². The SMILES string of the molecule is CN(C)C1CCN(Cc2cccc3c2CCNC3)C1. The van der Waals surface area contributed by atoms with Gasteiger partial charge < -0.3 is 10.2 Å². The van der Waals surface area contributed by atoms with Crippen LogP contribution in [0.5, 0.6) is 0 Å². The second-order valence-electron chi connectivity index (χ2n) is 6.12. The van der Waals surface area contributed by atoms with E-state index in [2.05, 4.69) is 47.4 Å². The molecular weight excluding hydrogens is 234 g/mol. The Bertz CT molecular complexity index is 442. The maximum Gasteiger partial charge on any atom is 0.0237 e. The topological polar surface area (TPSA) is 18.5 Å². The molecule has 0 bridgehead atoms. The highest BCUT2D eigenvalue weighted by atomic mass is 15.2. The van der Waals surface area contributed by atoms with Gasteiger partial charge >= 0.3 is 0 Å². The summed E-state index contributed by atoms with van der Waals surface area (Å²) in [6, 6.07) is 7.56. The molecule has 1 fully saturated rings. The van der Waals surface area contributed by atoms with Gasteiger partial charge in [-0.2, -0.15) is 0 Å². The Kier molecular flexibility index (Phi) is 3.87. The highest BCUT2D eigenvalue weighted by Crippen LogP contribution is 2.22. The van der Waals surface area contributed by atoms with Crippen LogP contribution in [0.4, 0.5) is 0 Å². The Morgan fingerprint density at radius 1 is 1.37 bits per heavy atom. The summed E-state index contributed by atoms with van der Waals surface area (Å²) in [5.41, 5.74) is 4.67. The van der Waals surface area contributed by atoms with Crippen molar-refractivity contribution < 1.29 is 0 Å².